The first-order valence-electron chi connectivity index (χ1n) is 12.1. The van der Waals surface area contributed by atoms with Crippen LogP contribution in [0.2, 0.25) is 0 Å². The van der Waals surface area contributed by atoms with Crippen LogP contribution in [-0.2, 0) is 14.3 Å². The Bertz CT molecular complexity index is 1140. The minimum absolute atomic E-state index is 0.0372. The Hall–Kier alpha value is -3.27. The summed E-state index contributed by atoms with van der Waals surface area (Å²) in [7, 11) is 1.42. The van der Waals surface area contributed by atoms with Gasteiger partial charge in [-0.25, -0.2) is 4.98 Å². The van der Waals surface area contributed by atoms with Crippen LogP contribution in [0, 0.1) is 0 Å². The van der Waals surface area contributed by atoms with Crippen LogP contribution in [0.25, 0.3) is 0 Å². The lowest BCUT2D eigenvalue weighted by Crippen LogP contribution is -2.37. The fourth-order valence-corrected chi connectivity index (χ4v) is 5.35. The highest BCUT2D eigenvalue weighted by Crippen LogP contribution is 2.45. The molecule has 1 saturated carbocycles. The number of alkyl halides is 2. The van der Waals surface area contributed by atoms with Gasteiger partial charge < -0.3 is 23.8 Å². The summed E-state index contributed by atoms with van der Waals surface area (Å²) in [6, 6.07) is 7.20. The SMILES string of the molecule is COc1cc2c(cc1OC(F)F)C(c1ccc(N3CCOCC3)nc1)=NC1CCC(OC(C)=O)CC21. The average molecular weight is 502 g/mol. The first kappa shape index (κ1) is 24.4. The minimum atomic E-state index is -2.99. The third-order valence-electron chi connectivity index (χ3n) is 6.96. The van der Waals surface area contributed by atoms with E-state index >= 15 is 0 Å². The lowest BCUT2D eigenvalue weighted by molar-refractivity contribution is -0.148. The van der Waals surface area contributed by atoms with Crippen LogP contribution in [-0.4, -0.2) is 68.8 Å². The minimum Gasteiger partial charge on any atom is -0.493 e. The number of esters is 1. The number of aliphatic imine (C=N–C) groups is 1. The van der Waals surface area contributed by atoms with Crippen LogP contribution in [0.4, 0.5) is 14.6 Å². The van der Waals surface area contributed by atoms with Crippen molar-refractivity contribution in [1.82, 2.24) is 4.98 Å². The third-order valence-corrected chi connectivity index (χ3v) is 6.96. The number of carbonyl (C=O) groups is 1. The highest BCUT2D eigenvalue weighted by Gasteiger charge is 2.39. The van der Waals surface area contributed by atoms with Crippen LogP contribution in [0.5, 0.6) is 11.5 Å². The first-order valence-corrected chi connectivity index (χ1v) is 12.1. The molecule has 1 aromatic heterocycles. The predicted octanol–water partition coefficient (Wildman–Crippen LogP) is 3.95. The average Bonchev–Trinajstić information content (AvgIpc) is 2.88. The number of rotatable bonds is 6. The Morgan fingerprint density at radius 1 is 1.17 bits per heavy atom. The number of nitrogens with zero attached hydrogens (tertiary/aromatic N) is 3. The number of benzene rings is 1. The Balaban J connectivity index is 1.54. The van der Waals surface area contributed by atoms with Gasteiger partial charge in [0.15, 0.2) is 11.5 Å². The van der Waals surface area contributed by atoms with Crippen molar-refractivity contribution in [3.8, 4) is 11.5 Å². The number of morpholine rings is 1. The molecule has 2 fully saturated rings. The van der Waals surface area contributed by atoms with E-state index in [1.165, 1.54) is 14.0 Å². The molecule has 0 N–H and O–H groups in total. The van der Waals surface area contributed by atoms with E-state index in [1.807, 2.05) is 12.1 Å². The molecule has 8 nitrogen and oxygen atoms in total. The Labute approximate surface area is 208 Å². The second kappa shape index (κ2) is 10.4. The summed E-state index contributed by atoms with van der Waals surface area (Å²) in [5, 5.41) is 0. The second-order valence-corrected chi connectivity index (χ2v) is 9.17. The molecule has 0 amide bonds. The maximum absolute atomic E-state index is 13.2. The zero-order chi connectivity index (χ0) is 25.2. The topological polar surface area (TPSA) is 82.5 Å². The molecule has 0 bridgehead atoms. The summed E-state index contributed by atoms with van der Waals surface area (Å²) in [6.45, 7) is 1.29. The monoisotopic (exact) mass is 501 g/mol. The van der Waals surface area contributed by atoms with Crippen LogP contribution < -0.4 is 14.4 Å². The van der Waals surface area contributed by atoms with Crippen LogP contribution in [0.1, 0.15) is 48.8 Å². The first-order chi connectivity index (χ1) is 17.4. The number of anilines is 1. The van der Waals surface area contributed by atoms with E-state index in [0.717, 1.165) is 36.5 Å². The van der Waals surface area contributed by atoms with Crippen molar-refractivity contribution in [2.75, 3.05) is 38.3 Å². The van der Waals surface area contributed by atoms with Crippen molar-refractivity contribution in [3.05, 3.63) is 47.2 Å². The molecule has 5 rings (SSSR count). The van der Waals surface area contributed by atoms with Gasteiger partial charge in [-0.1, -0.05) is 0 Å². The molecule has 192 valence electrons. The summed E-state index contributed by atoms with van der Waals surface area (Å²) in [6.07, 6.45) is 3.61. The van der Waals surface area contributed by atoms with E-state index in [1.54, 1.807) is 18.3 Å². The van der Waals surface area contributed by atoms with E-state index in [9.17, 15) is 13.6 Å². The fourth-order valence-electron chi connectivity index (χ4n) is 5.35. The summed E-state index contributed by atoms with van der Waals surface area (Å²) in [5.74, 6) is 0.669. The summed E-state index contributed by atoms with van der Waals surface area (Å²) in [5.41, 5.74) is 3.08. The van der Waals surface area contributed by atoms with Crippen molar-refractivity contribution < 1.29 is 32.5 Å². The van der Waals surface area contributed by atoms with E-state index in [-0.39, 0.29) is 35.5 Å². The number of hydrogen-bond acceptors (Lipinski definition) is 8. The molecule has 3 unspecified atom stereocenters. The molecule has 3 aliphatic rings. The quantitative estimate of drug-likeness (QED) is 0.555. The summed E-state index contributed by atoms with van der Waals surface area (Å²) >= 11 is 0. The van der Waals surface area contributed by atoms with Crippen LogP contribution in [0.15, 0.2) is 35.5 Å². The number of carbonyl (C=O) groups excluding carboxylic acids is 1. The molecule has 1 aromatic carbocycles. The number of halogens is 2. The van der Waals surface area contributed by atoms with E-state index < -0.39 is 6.61 Å². The number of fused-ring (bicyclic) bond motifs is 3. The number of hydrogen-bond donors (Lipinski definition) is 0. The molecule has 36 heavy (non-hydrogen) atoms. The maximum Gasteiger partial charge on any atom is 0.387 e. The Morgan fingerprint density at radius 2 is 1.97 bits per heavy atom. The van der Waals surface area contributed by atoms with E-state index in [0.29, 0.717) is 37.3 Å². The van der Waals surface area contributed by atoms with Gasteiger partial charge >= 0.3 is 12.6 Å². The van der Waals surface area contributed by atoms with Crippen molar-refractivity contribution in [1.29, 1.82) is 0 Å². The number of pyridine rings is 1. The molecule has 2 aliphatic heterocycles. The lowest BCUT2D eigenvalue weighted by Gasteiger charge is -2.38. The highest BCUT2D eigenvalue weighted by molar-refractivity contribution is 6.15. The molecule has 2 aromatic rings. The van der Waals surface area contributed by atoms with E-state index in [2.05, 4.69) is 9.88 Å². The van der Waals surface area contributed by atoms with Gasteiger partial charge in [0.05, 0.1) is 32.1 Å². The third kappa shape index (κ3) is 5.00. The number of methoxy groups -OCH3 is 1. The van der Waals surface area contributed by atoms with Crippen molar-refractivity contribution in [3.63, 3.8) is 0 Å². The Kier molecular flexibility index (Phi) is 7.04. The zero-order valence-corrected chi connectivity index (χ0v) is 20.3. The number of ether oxygens (including phenoxy) is 4. The van der Waals surface area contributed by atoms with Gasteiger partial charge in [-0.15, -0.1) is 0 Å². The summed E-state index contributed by atoms with van der Waals surface area (Å²) < 4.78 is 47.4. The predicted molar refractivity (Wildman–Crippen MR) is 128 cm³/mol. The molecule has 10 heteroatoms. The van der Waals surface area contributed by atoms with Crippen molar-refractivity contribution >= 4 is 17.5 Å². The smallest absolute Gasteiger partial charge is 0.387 e. The maximum atomic E-state index is 13.2. The molecule has 3 heterocycles. The van der Waals surface area contributed by atoms with Gasteiger partial charge in [0.1, 0.15) is 11.9 Å². The van der Waals surface area contributed by atoms with Crippen molar-refractivity contribution in [2.24, 2.45) is 4.99 Å². The van der Waals surface area contributed by atoms with Gasteiger partial charge in [-0.05, 0) is 49.1 Å². The number of aromatic nitrogens is 1. The molecular formula is C26H29F2N3O5. The lowest BCUT2D eigenvalue weighted by atomic mass is 9.74. The van der Waals surface area contributed by atoms with Gasteiger partial charge in [0, 0.05) is 43.3 Å². The molecule has 0 spiro atoms. The van der Waals surface area contributed by atoms with Gasteiger partial charge in [-0.3, -0.25) is 9.79 Å². The second-order valence-electron chi connectivity index (χ2n) is 9.17. The normalized spacial score (nSPS) is 23.4. The Morgan fingerprint density at radius 3 is 2.64 bits per heavy atom. The molecule has 3 atom stereocenters. The van der Waals surface area contributed by atoms with Crippen LogP contribution in [0.3, 0.4) is 0 Å². The van der Waals surface area contributed by atoms with Gasteiger partial charge in [0.25, 0.3) is 0 Å². The van der Waals surface area contributed by atoms with Gasteiger partial charge in [-0.2, -0.15) is 8.78 Å². The molecule has 0 radical (unpaired) electrons. The molecule has 1 aliphatic carbocycles. The highest BCUT2D eigenvalue weighted by atomic mass is 19.3. The molecule has 1 saturated heterocycles. The standard InChI is InChI=1S/C26H29F2N3O5/c1-15(32)35-17-4-5-21-19(11-17)18-12-22(33-2)23(36-26(27)28)13-20(18)25(30-21)16-3-6-24(29-14-16)31-7-9-34-10-8-31/h3,6,12-14,17,19,21,26H,4-5,7-11H2,1-2H3. The fraction of sp³-hybridized carbons (Fsp3) is 0.500. The summed E-state index contributed by atoms with van der Waals surface area (Å²) in [4.78, 5) is 23.5. The van der Waals surface area contributed by atoms with Gasteiger partial charge in [0.2, 0.25) is 0 Å². The molecular weight excluding hydrogens is 472 g/mol. The van der Waals surface area contributed by atoms with E-state index in [4.69, 9.17) is 23.9 Å². The van der Waals surface area contributed by atoms with Crippen LogP contribution >= 0.6 is 0 Å². The largest absolute Gasteiger partial charge is 0.493 e. The zero-order valence-electron chi connectivity index (χ0n) is 20.3. The van der Waals surface area contributed by atoms with Crippen molar-refractivity contribution in [2.45, 2.75) is 50.9 Å².